The monoisotopic (exact) mass is 560 g/mol. The van der Waals surface area contributed by atoms with Crippen LogP contribution in [-0.4, -0.2) is 4.57 Å². The van der Waals surface area contributed by atoms with Gasteiger partial charge in [-0.1, -0.05) is 175 Å². The Balaban J connectivity index is 2.13. The van der Waals surface area contributed by atoms with Gasteiger partial charge in [0, 0.05) is 6.42 Å². The summed E-state index contributed by atoms with van der Waals surface area (Å²) in [4.78, 5) is 0. The highest BCUT2D eigenvalue weighted by molar-refractivity contribution is 4.84. The number of hydrogen-bond donors (Lipinski definition) is 0. The molecule has 0 N–H and O–H groups in total. The summed E-state index contributed by atoms with van der Waals surface area (Å²) in [7, 11) is 0. The van der Waals surface area contributed by atoms with E-state index in [-0.39, 0.29) is 0 Å². The summed E-state index contributed by atoms with van der Waals surface area (Å²) in [6.45, 7) is 9.39. The Morgan fingerprint density at radius 2 is 0.775 bits per heavy atom. The molecule has 0 aliphatic heterocycles. The summed E-state index contributed by atoms with van der Waals surface area (Å²) in [6.07, 6.45) is 47.5. The van der Waals surface area contributed by atoms with Crippen LogP contribution in [0.15, 0.2) is 12.4 Å². The van der Waals surface area contributed by atoms with E-state index >= 15 is 0 Å². The molecule has 0 bridgehead atoms. The fourth-order valence-electron chi connectivity index (χ4n) is 6.33. The molecule has 0 saturated carbocycles. The first-order chi connectivity index (χ1) is 19.8. The molecule has 0 aliphatic carbocycles. The Bertz CT molecular complexity index is 619. The highest BCUT2D eigenvalue weighted by Gasteiger charge is 2.16. The zero-order chi connectivity index (χ0) is 28.8. The number of hydrogen-bond acceptors (Lipinski definition) is 0. The van der Waals surface area contributed by atoms with Gasteiger partial charge in [-0.15, -0.1) is 0 Å². The average Bonchev–Trinajstić information content (AvgIpc) is 3.35. The van der Waals surface area contributed by atoms with Crippen molar-refractivity contribution in [1.82, 2.24) is 4.57 Å². The maximum Gasteiger partial charge on any atom is 0.256 e. The predicted molar refractivity (Wildman–Crippen MR) is 179 cm³/mol. The third kappa shape index (κ3) is 21.9. The molecule has 0 atom stereocenters. The zero-order valence-corrected chi connectivity index (χ0v) is 28.2. The number of rotatable bonds is 32. The molecule has 2 nitrogen and oxygen atoms in total. The van der Waals surface area contributed by atoms with Crippen molar-refractivity contribution in [3.63, 3.8) is 0 Å². The van der Waals surface area contributed by atoms with Gasteiger partial charge in [-0.3, -0.25) is 0 Å². The van der Waals surface area contributed by atoms with Crippen molar-refractivity contribution < 1.29 is 4.57 Å². The van der Waals surface area contributed by atoms with Gasteiger partial charge in [0.15, 0.2) is 0 Å². The van der Waals surface area contributed by atoms with Crippen LogP contribution >= 0.6 is 0 Å². The molecule has 0 amide bonds. The largest absolute Gasteiger partial charge is 0.256 e. The minimum atomic E-state index is 1.22. The minimum absolute atomic E-state index is 1.22. The van der Waals surface area contributed by atoms with Crippen molar-refractivity contribution >= 4 is 0 Å². The molecule has 1 heterocycles. The van der Waals surface area contributed by atoms with Gasteiger partial charge in [0.1, 0.15) is 12.4 Å². The quantitative estimate of drug-likeness (QED) is 0.0613. The Labute approximate surface area is 253 Å². The maximum absolute atomic E-state index is 2.62. The number of aromatic nitrogens is 2. The number of aryl methyl sites for hydroxylation is 2. The van der Waals surface area contributed by atoms with E-state index in [0.717, 1.165) is 0 Å². The smallest absolute Gasteiger partial charge is 0.234 e. The Kier molecular flexibility index (Phi) is 27.6. The predicted octanol–water partition coefficient (Wildman–Crippen LogP) is 12.7. The summed E-state index contributed by atoms with van der Waals surface area (Å²) in [5, 5.41) is 0. The van der Waals surface area contributed by atoms with Crippen molar-refractivity contribution in [3.05, 3.63) is 18.2 Å². The van der Waals surface area contributed by atoms with E-state index < -0.39 is 0 Å². The van der Waals surface area contributed by atoms with Crippen LogP contribution in [0.2, 0.25) is 0 Å². The minimum Gasteiger partial charge on any atom is -0.234 e. The van der Waals surface area contributed by atoms with Gasteiger partial charge in [0.25, 0.3) is 5.82 Å². The van der Waals surface area contributed by atoms with Gasteiger partial charge in [-0.25, -0.2) is 9.13 Å². The summed E-state index contributed by atoms with van der Waals surface area (Å²) in [6, 6.07) is 0. The van der Waals surface area contributed by atoms with Crippen molar-refractivity contribution in [1.29, 1.82) is 0 Å². The second kappa shape index (κ2) is 29.7. The zero-order valence-electron chi connectivity index (χ0n) is 28.2. The first kappa shape index (κ1) is 37.2. The van der Waals surface area contributed by atoms with E-state index in [1.807, 2.05) is 0 Å². The first-order valence-electron chi connectivity index (χ1n) is 18.9. The lowest BCUT2D eigenvalue weighted by Crippen LogP contribution is -2.37. The van der Waals surface area contributed by atoms with E-state index in [9.17, 15) is 0 Å². The topological polar surface area (TPSA) is 8.81 Å². The van der Waals surface area contributed by atoms with Crippen molar-refractivity contribution in [2.24, 2.45) is 0 Å². The van der Waals surface area contributed by atoms with Crippen LogP contribution < -0.4 is 4.57 Å². The standard InChI is InChI=1S/C38H75N2/c1-4-7-10-13-15-17-18-19-20-21-22-23-24-25-27-29-32-35-40-37-36-39(34-31-12-9-6-3)38(40)33-30-28-26-16-14-11-8-5-2/h36-37H,4-35H2,1-3H3/q+1. The molecule has 0 unspecified atom stereocenters. The maximum atomic E-state index is 2.62. The lowest BCUT2D eigenvalue weighted by Gasteiger charge is -2.07. The van der Waals surface area contributed by atoms with Crippen LogP contribution in [0.4, 0.5) is 0 Å². The molecule has 0 spiro atoms. The van der Waals surface area contributed by atoms with E-state index in [0.29, 0.717) is 0 Å². The molecule has 0 saturated heterocycles. The Morgan fingerprint density at radius 3 is 1.20 bits per heavy atom. The van der Waals surface area contributed by atoms with Crippen molar-refractivity contribution in [2.75, 3.05) is 0 Å². The molecular formula is C38H75N2+. The highest BCUT2D eigenvalue weighted by Crippen LogP contribution is 2.15. The van der Waals surface area contributed by atoms with E-state index in [1.165, 1.54) is 206 Å². The molecule has 40 heavy (non-hydrogen) atoms. The molecular weight excluding hydrogens is 484 g/mol. The van der Waals surface area contributed by atoms with Crippen LogP contribution in [0.1, 0.15) is 213 Å². The van der Waals surface area contributed by atoms with E-state index in [4.69, 9.17) is 0 Å². The lowest BCUT2D eigenvalue weighted by molar-refractivity contribution is -0.704. The molecule has 1 aromatic heterocycles. The van der Waals surface area contributed by atoms with Crippen molar-refractivity contribution in [3.8, 4) is 0 Å². The van der Waals surface area contributed by atoms with Crippen LogP contribution in [0.3, 0.4) is 0 Å². The second-order valence-electron chi connectivity index (χ2n) is 13.0. The molecule has 1 rings (SSSR count). The molecule has 0 aromatic carbocycles. The average molecular weight is 560 g/mol. The third-order valence-corrected chi connectivity index (χ3v) is 9.10. The summed E-state index contributed by atoms with van der Waals surface area (Å²) in [5.74, 6) is 1.61. The van der Waals surface area contributed by atoms with Gasteiger partial charge < -0.3 is 0 Å². The first-order valence-corrected chi connectivity index (χ1v) is 18.9. The molecule has 236 valence electrons. The van der Waals surface area contributed by atoms with E-state index in [2.05, 4.69) is 42.3 Å². The fraction of sp³-hybridized carbons (Fsp3) is 0.921. The molecule has 0 fully saturated rings. The molecule has 1 aromatic rings. The summed E-state index contributed by atoms with van der Waals surface area (Å²) < 4.78 is 5.22. The van der Waals surface area contributed by atoms with Crippen LogP contribution in [0.25, 0.3) is 0 Å². The Hall–Kier alpha value is -0.790. The number of unbranched alkanes of at least 4 members (excludes halogenated alkanes) is 26. The Morgan fingerprint density at radius 1 is 0.425 bits per heavy atom. The number of imidazole rings is 1. The van der Waals surface area contributed by atoms with Gasteiger partial charge in [-0.2, -0.15) is 0 Å². The van der Waals surface area contributed by atoms with Gasteiger partial charge in [0.2, 0.25) is 0 Å². The molecule has 0 aliphatic rings. The van der Waals surface area contributed by atoms with E-state index in [1.54, 1.807) is 5.82 Å². The summed E-state index contributed by atoms with van der Waals surface area (Å²) >= 11 is 0. The van der Waals surface area contributed by atoms with Crippen LogP contribution in [-0.2, 0) is 19.5 Å². The normalized spacial score (nSPS) is 11.6. The van der Waals surface area contributed by atoms with Crippen molar-refractivity contribution in [2.45, 2.75) is 226 Å². The lowest BCUT2D eigenvalue weighted by atomic mass is 10.0. The fourth-order valence-corrected chi connectivity index (χ4v) is 6.33. The van der Waals surface area contributed by atoms with Gasteiger partial charge >= 0.3 is 0 Å². The van der Waals surface area contributed by atoms with Crippen LogP contribution in [0, 0.1) is 0 Å². The highest BCUT2D eigenvalue weighted by atomic mass is 15.1. The van der Waals surface area contributed by atoms with Crippen LogP contribution in [0.5, 0.6) is 0 Å². The SMILES string of the molecule is CCCCCCCCCCCCCCCCCCC[n+]1ccn(CCCCCC)c1CCCCCCCCCC. The van der Waals surface area contributed by atoms with Gasteiger partial charge in [-0.05, 0) is 32.1 Å². The number of nitrogens with zero attached hydrogens (tertiary/aromatic N) is 2. The summed E-state index contributed by atoms with van der Waals surface area (Å²) in [5.41, 5.74) is 0. The van der Waals surface area contributed by atoms with Gasteiger partial charge in [0.05, 0.1) is 13.1 Å². The molecule has 0 radical (unpaired) electrons. The second-order valence-corrected chi connectivity index (χ2v) is 13.0. The third-order valence-electron chi connectivity index (χ3n) is 9.10. The molecule has 2 heteroatoms.